The summed E-state index contributed by atoms with van der Waals surface area (Å²) in [5, 5.41) is 12.1. The molecule has 1 aromatic heterocycles. The van der Waals surface area contributed by atoms with Crippen LogP contribution in [0.2, 0.25) is 0 Å². The molecule has 1 saturated carbocycles. The monoisotopic (exact) mass is 284 g/mol. The van der Waals surface area contributed by atoms with Crippen LogP contribution in [0, 0.1) is 5.92 Å². The fourth-order valence-electron chi connectivity index (χ4n) is 2.51. The predicted molar refractivity (Wildman–Crippen MR) is 69.0 cm³/mol. The number of amides is 1. The molecule has 1 unspecified atom stereocenters. The minimum Gasteiger partial charge on any atom is -0.295 e. The Hall–Kier alpha value is -1.41. The molecule has 1 amide bonds. The number of aromatic nitrogens is 2. The molecule has 0 radical (unpaired) electrons. The molecular formula is C11H16N4O3S. The maximum atomic E-state index is 11.9. The lowest BCUT2D eigenvalue weighted by Crippen LogP contribution is -2.27. The Morgan fingerprint density at radius 1 is 1.47 bits per heavy atom. The van der Waals surface area contributed by atoms with E-state index in [0.29, 0.717) is 18.3 Å². The second-order valence-electron chi connectivity index (χ2n) is 5.36. The van der Waals surface area contributed by atoms with Gasteiger partial charge in [-0.2, -0.15) is 5.10 Å². The summed E-state index contributed by atoms with van der Waals surface area (Å²) < 4.78 is 22.1. The summed E-state index contributed by atoms with van der Waals surface area (Å²) >= 11 is 0. The molecule has 2 fully saturated rings. The van der Waals surface area contributed by atoms with Gasteiger partial charge in [0.2, 0.25) is 15.9 Å². The molecule has 2 aliphatic rings. The van der Waals surface area contributed by atoms with Gasteiger partial charge in [0.25, 0.3) is 0 Å². The van der Waals surface area contributed by atoms with E-state index in [2.05, 4.69) is 10.2 Å². The number of hydrogen-bond donors (Lipinski definition) is 2. The van der Waals surface area contributed by atoms with Crippen LogP contribution in [0.15, 0.2) is 6.07 Å². The average molecular weight is 284 g/mol. The number of rotatable bonds is 4. The molecule has 19 heavy (non-hydrogen) atoms. The number of hydrogen-bond acceptors (Lipinski definition) is 4. The minimum absolute atomic E-state index is 0.0949. The van der Waals surface area contributed by atoms with Crippen LogP contribution in [0.5, 0.6) is 0 Å². The SMILES string of the molecule is NS(=O)(=O)CC1CC(=O)N(c2cc(C3CC3)[nH]n2)C1. The normalized spacial score (nSPS) is 24.2. The largest absolute Gasteiger partial charge is 0.295 e. The Morgan fingerprint density at radius 2 is 2.21 bits per heavy atom. The summed E-state index contributed by atoms with van der Waals surface area (Å²) in [5.74, 6) is 0.629. The van der Waals surface area contributed by atoms with Gasteiger partial charge in [0.1, 0.15) is 0 Å². The fraction of sp³-hybridized carbons (Fsp3) is 0.636. The van der Waals surface area contributed by atoms with Crippen molar-refractivity contribution < 1.29 is 13.2 Å². The first-order valence-electron chi connectivity index (χ1n) is 6.28. The van der Waals surface area contributed by atoms with Crippen LogP contribution in [-0.2, 0) is 14.8 Å². The van der Waals surface area contributed by atoms with Crippen molar-refractivity contribution in [3.8, 4) is 0 Å². The Balaban J connectivity index is 1.72. The summed E-state index contributed by atoms with van der Waals surface area (Å²) in [4.78, 5) is 13.4. The molecule has 3 N–H and O–H groups in total. The van der Waals surface area contributed by atoms with E-state index in [0.717, 1.165) is 18.5 Å². The highest BCUT2D eigenvalue weighted by Gasteiger charge is 2.35. The van der Waals surface area contributed by atoms with Crippen LogP contribution in [0.25, 0.3) is 0 Å². The van der Waals surface area contributed by atoms with E-state index in [1.54, 1.807) is 0 Å². The predicted octanol–water partition coefficient (Wildman–Crippen LogP) is -0.0715. The highest BCUT2D eigenvalue weighted by molar-refractivity contribution is 7.89. The van der Waals surface area contributed by atoms with Gasteiger partial charge < -0.3 is 0 Å². The number of anilines is 1. The third-order valence-corrected chi connectivity index (χ3v) is 4.49. The van der Waals surface area contributed by atoms with Crippen molar-refractivity contribution in [3.63, 3.8) is 0 Å². The summed E-state index contributed by atoms with van der Waals surface area (Å²) in [5.41, 5.74) is 1.05. The van der Waals surface area contributed by atoms with E-state index in [1.165, 1.54) is 4.90 Å². The van der Waals surface area contributed by atoms with Crippen LogP contribution in [0.3, 0.4) is 0 Å². The van der Waals surface area contributed by atoms with Crippen LogP contribution in [-0.4, -0.2) is 36.8 Å². The fourth-order valence-corrected chi connectivity index (χ4v) is 3.39. The molecule has 1 saturated heterocycles. The number of primary sulfonamides is 1. The van der Waals surface area contributed by atoms with Crippen molar-refractivity contribution in [2.75, 3.05) is 17.2 Å². The second kappa shape index (κ2) is 4.31. The number of sulfonamides is 1. The van der Waals surface area contributed by atoms with Crippen molar-refractivity contribution in [2.24, 2.45) is 11.1 Å². The molecule has 8 heteroatoms. The van der Waals surface area contributed by atoms with Gasteiger partial charge in [-0.3, -0.25) is 14.8 Å². The molecular weight excluding hydrogens is 268 g/mol. The van der Waals surface area contributed by atoms with E-state index < -0.39 is 10.0 Å². The van der Waals surface area contributed by atoms with E-state index in [-0.39, 0.29) is 24.0 Å². The Labute approximate surface area is 111 Å². The van der Waals surface area contributed by atoms with E-state index in [4.69, 9.17) is 5.14 Å². The van der Waals surface area contributed by atoms with E-state index >= 15 is 0 Å². The lowest BCUT2D eigenvalue weighted by Gasteiger charge is -2.12. The minimum atomic E-state index is -3.54. The average Bonchev–Trinajstić information content (AvgIpc) is 2.91. The molecule has 1 aromatic rings. The van der Waals surface area contributed by atoms with Crippen LogP contribution >= 0.6 is 0 Å². The highest BCUT2D eigenvalue weighted by Crippen LogP contribution is 2.40. The van der Waals surface area contributed by atoms with Gasteiger partial charge in [0.15, 0.2) is 5.82 Å². The molecule has 104 valence electrons. The van der Waals surface area contributed by atoms with Gasteiger partial charge in [-0.25, -0.2) is 13.6 Å². The molecule has 0 aromatic carbocycles. The second-order valence-corrected chi connectivity index (χ2v) is 7.02. The van der Waals surface area contributed by atoms with Gasteiger partial charge in [-0.05, 0) is 12.8 Å². The lowest BCUT2D eigenvalue weighted by atomic mass is 10.1. The maximum absolute atomic E-state index is 11.9. The van der Waals surface area contributed by atoms with Gasteiger partial charge >= 0.3 is 0 Å². The van der Waals surface area contributed by atoms with E-state index in [9.17, 15) is 13.2 Å². The van der Waals surface area contributed by atoms with Crippen LogP contribution < -0.4 is 10.0 Å². The Morgan fingerprint density at radius 3 is 2.84 bits per heavy atom. The van der Waals surface area contributed by atoms with Crippen LogP contribution in [0.4, 0.5) is 5.82 Å². The number of nitrogens with two attached hydrogens (primary N) is 1. The zero-order valence-electron chi connectivity index (χ0n) is 10.4. The smallest absolute Gasteiger partial charge is 0.228 e. The van der Waals surface area contributed by atoms with Gasteiger partial charge in [-0.15, -0.1) is 0 Å². The first-order chi connectivity index (χ1) is 8.92. The summed E-state index contributed by atoms with van der Waals surface area (Å²) in [6.45, 7) is 0.365. The number of H-pyrrole nitrogens is 1. The summed E-state index contributed by atoms with van der Waals surface area (Å²) in [6, 6.07) is 1.88. The quantitative estimate of drug-likeness (QED) is 0.806. The van der Waals surface area contributed by atoms with Crippen molar-refractivity contribution >= 4 is 21.7 Å². The molecule has 1 atom stereocenters. The number of aromatic amines is 1. The molecule has 0 spiro atoms. The summed E-state index contributed by atoms with van der Waals surface area (Å²) in [7, 11) is -3.54. The van der Waals surface area contributed by atoms with Crippen molar-refractivity contribution in [3.05, 3.63) is 11.8 Å². The van der Waals surface area contributed by atoms with Gasteiger partial charge in [-0.1, -0.05) is 0 Å². The molecule has 1 aliphatic carbocycles. The van der Waals surface area contributed by atoms with Crippen molar-refractivity contribution in [1.82, 2.24) is 10.2 Å². The third kappa shape index (κ3) is 2.79. The van der Waals surface area contributed by atoms with Crippen molar-refractivity contribution in [2.45, 2.75) is 25.2 Å². The number of nitrogens with zero attached hydrogens (tertiary/aromatic N) is 2. The Bertz CT molecular complexity index is 605. The number of nitrogens with one attached hydrogen (secondary N) is 1. The van der Waals surface area contributed by atoms with Gasteiger partial charge in [0, 0.05) is 36.6 Å². The lowest BCUT2D eigenvalue weighted by molar-refractivity contribution is -0.117. The zero-order chi connectivity index (χ0) is 13.6. The standard InChI is InChI=1S/C11H16N4O3S/c12-19(17,18)6-7-3-11(16)15(5-7)10-4-9(13-14-10)8-1-2-8/h4,7-8H,1-3,5-6H2,(H,13,14)(H2,12,17,18). The maximum Gasteiger partial charge on any atom is 0.228 e. The Kier molecular flexibility index (Phi) is 2.86. The molecule has 2 heterocycles. The van der Waals surface area contributed by atoms with Crippen molar-refractivity contribution in [1.29, 1.82) is 0 Å². The summed E-state index contributed by atoms with van der Waals surface area (Å²) in [6.07, 6.45) is 2.52. The number of carbonyl (C=O) groups is 1. The zero-order valence-corrected chi connectivity index (χ0v) is 11.2. The van der Waals surface area contributed by atoms with E-state index in [1.807, 2.05) is 6.07 Å². The van der Waals surface area contributed by atoms with Crippen LogP contribution in [0.1, 0.15) is 30.9 Å². The molecule has 0 bridgehead atoms. The molecule has 7 nitrogen and oxygen atoms in total. The van der Waals surface area contributed by atoms with Gasteiger partial charge in [0.05, 0.1) is 5.75 Å². The topological polar surface area (TPSA) is 109 Å². The molecule has 3 rings (SSSR count). The first-order valence-corrected chi connectivity index (χ1v) is 8.00. The number of carbonyl (C=O) groups excluding carboxylic acids is 1. The third-order valence-electron chi connectivity index (χ3n) is 3.55. The first kappa shape index (κ1) is 12.6. The molecule has 1 aliphatic heterocycles. The highest BCUT2D eigenvalue weighted by atomic mass is 32.2.